The van der Waals surface area contributed by atoms with E-state index in [2.05, 4.69) is 164 Å². The number of rotatable bonds is 6. The van der Waals surface area contributed by atoms with Gasteiger partial charge >= 0.3 is 0 Å². The van der Waals surface area contributed by atoms with Crippen LogP contribution in [0.3, 0.4) is 0 Å². The summed E-state index contributed by atoms with van der Waals surface area (Å²) in [6.45, 7) is 0. The zero-order valence-electron chi connectivity index (χ0n) is 32.8. The Hall–Kier alpha value is -8.28. The van der Waals surface area contributed by atoms with Crippen molar-refractivity contribution in [2.24, 2.45) is 0 Å². The van der Waals surface area contributed by atoms with Gasteiger partial charge in [-0.3, -0.25) is 0 Å². The van der Waals surface area contributed by atoms with Gasteiger partial charge in [-0.1, -0.05) is 176 Å². The van der Waals surface area contributed by atoms with Gasteiger partial charge < -0.3 is 4.42 Å². The molecule has 61 heavy (non-hydrogen) atoms. The van der Waals surface area contributed by atoms with Crippen LogP contribution in [0.25, 0.3) is 122 Å². The van der Waals surface area contributed by atoms with Crippen LogP contribution >= 0.6 is 0 Å². The Bertz CT molecular complexity index is 3630. The van der Waals surface area contributed by atoms with Gasteiger partial charge in [-0.05, 0) is 84.9 Å². The minimum atomic E-state index is 0.605. The predicted octanol–water partition coefficient (Wildman–Crippen LogP) is 14.6. The maximum absolute atomic E-state index is 6.58. The van der Waals surface area contributed by atoms with Crippen LogP contribution in [0.2, 0.25) is 0 Å². The molecule has 0 fully saturated rings. The van der Waals surface area contributed by atoms with Crippen molar-refractivity contribution in [3.05, 3.63) is 206 Å². The smallest absolute Gasteiger partial charge is 0.227 e. The highest BCUT2D eigenvalue weighted by molar-refractivity contribution is 6.26. The van der Waals surface area contributed by atoms with Crippen molar-refractivity contribution in [1.29, 1.82) is 0 Å². The van der Waals surface area contributed by atoms with Crippen LogP contribution in [0, 0.1) is 0 Å². The molecule has 0 aliphatic rings. The molecule has 284 valence electrons. The van der Waals surface area contributed by atoms with Gasteiger partial charge in [0, 0.05) is 33.0 Å². The summed E-state index contributed by atoms with van der Waals surface area (Å²) in [4.78, 5) is 20.4. The molecule has 0 amide bonds. The summed E-state index contributed by atoms with van der Waals surface area (Å²) >= 11 is 0. The van der Waals surface area contributed by atoms with Crippen LogP contribution in [0.5, 0.6) is 0 Å². The van der Waals surface area contributed by atoms with Gasteiger partial charge in [0.15, 0.2) is 23.1 Å². The largest absolute Gasteiger partial charge is 0.435 e. The first-order valence-corrected chi connectivity index (χ1v) is 20.5. The predicted molar refractivity (Wildman–Crippen MR) is 250 cm³/mol. The zero-order valence-corrected chi connectivity index (χ0v) is 32.8. The lowest BCUT2D eigenvalue weighted by atomic mass is 9.95. The highest BCUT2D eigenvalue weighted by atomic mass is 16.3. The fourth-order valence-electron chi connectivity index (χ4n) is 8.70. The molecule has 5 heteroatoms. The van der Waals surface area contributed by atoms with E-state index in [0.717, 1.165) is 82.4 Å². The summed E-state index contributed by atoms with van der Waals surface area (Å²) < 4.78 is 6.58. The number of oxazole rings is 1. The summed E-state index contributed by atoms with van der Waals surface area (Å²) in [6.07, 6.45) is 0. The molecule has 0 spiro atoms. The summed E-state index contributed by atoms with van der Waals surface area (Å²) in [5, 5.41) is 9.05. The first-order valence-electron chi connectivity index (χ1n) is 20.5. The fourth-order valence-corrected chi connectivity index (χ4v) is 8.70. The van der Waals surface area contributed by atoms with Gasteiger partial charge in [-0.25, -0.2) is 19.9 Å². The van der Waals surface area contributed by atoms with Crippen molar-refractivity contribution in [3.63, 3.8) is 0 Å². The van der Waals surface area contributed by atoms with Crippen molar-refractivity contribution >= 4 is 54.2 Å². The Morgan fingerprint density at radius 2 is 0.852 bits per heavy atom. The van der Waals surface area contributed by atoms with Gasteiger partial charge in [0.1, 0.15) is 5.52 Å². The maximum Gasteiger partial charge on any atom is 0.227 e. The molecule has 0 aliphatic heterocycles. The van der Waals surface area contributed by atoms with Crippen molar-refractivity contribution < 1.29 is 4.42 Å². The standard InChI is InChI=1S/C56H34N4O/c1-3-11-35(12-4-1)42-17-9-18-44(33-42)54-58-53(40-26-21-37(22-27-40)47-20-10-16-36-13-7-8-19-46(36)47)59-55(60-54)45-29-31-48-43(34-45)28-25-38-23-24-39-30-32-49-52(51(39)50(38)48)61-56(57-49)41-14-5-2-6-15-41/h1-34H. The summed E-state index contributed by atoms with van der Waals surface area (Å²) in [6, 6.07) is 71.8. The van der Waals surface area contributed by atoms with Crippen molar-refractivity contribution in [1.82, 2.24) is 19.9 Å². The third kappa shape index (κ3) is 6.10. The molecule has 12 rings (SSSR count). The molecule has 0 atom stereocenters. The van der Waals surface area contributed by atoms with Crippen molar-refractivity contribution in [2.75, 3.05) is 0 Å². The molecule has 2 aromatic heterocycles. The molecule has 12 aromatic rings. The van der Waals surface area contributed by atoms with Crippen molar-refractivity contribution in [2.45, 2.75) is 0 Å². The Morgan fingerprint density at radius 3 is 1.64 bits per heavy atom. The molecule has 2 heterocycles. The van der Waals surface area contributed by atoms with E-state index in [1.54, 1.807) is 0 Å². The average molecular weight is 779 g/mol. The summed E-state index contributed by atoms with van der Waals surface area (Å²) in [5.41, 5.74) is 9.87. The van der Waals surface area contributed by atoms with Gasteiger partial charge in [-0.15, -0.1) is 0 Å². The molecule has 0 aliphatic carbocycles. The second kappa shape index (κ2) is 14.2. The Labute approximate surface area is 351 Å². The van der Waals surface area contributed by atoms with E-state index in [1.165, 1.54) is 16.3 Å². The molecule has 5 nitrogen and oxygen atoms in total. The second-order valence-electron chi connectivity index (χ2n) is 15.4. The minimum absolute atomic E-state index is 0.605. The number of aromatic nitrogens is 4. The number of fused-ring (bicyclic) bond motifs is 8. The van der Waals surface area contributed by atoms with Gasteiger partial charge in [0.25, 0.3) is 0 Å². The number of hydrogen-bond donors (Lipinski definition) is 0. The molecule has 0 N–H and O–H groups in total. The van der Waals surface area contributed by atoms with E-state index in [4.69, 9.17) is 24.4 Å². The number of hydrogen-bond acceptors (Lipinski definition) is 5. The molecular formula is C56H34N4O. The molecule has 0 radical (unpaired) electrons. The number of nitrogens with zero attached hydrogens (tertiary/aromatic N) is 4. The SMILES string of the molecule is c1ccc(-c2cccc(-c3nc(-c4ccc(-c5cccc6ccccc56)cc4)nc(-c4ccc5c(ccc6ccc7ccc8nc(-c9ccccc9)oc8c7c65)c4)n3)c2)cc1. The van der Waals surface area contributed by atoms with E-state index in [1.807, 2.05) is 42.5 Å². The topological polar surface area (TPSA) is 64.7 Å². The molecular weight excluding hydrogens is 745 g/mol. The van der Waals surface area contributed by atoms with E-state index in [-0.39, 0.29) is 0 Å². The molecule has 0 unspecified atom stereocenters. The summed E-state index contributed by atoms with van der Waals surface area (Å²) in [7, 11) is 0. The normalized spacial score (nSPS) is 11.6. The van der Waals surface area contributed by atoms with Crippen LogP contribution in [0.1, 0.15) is 0 Å². The average Bonchev–Trinajstić information content (AvgIpc) is 3.79. The quantitative estimate of drug-likeness (QED) is 0.157. The highest BCUT2D eigenvalue weighted by Crippen LogP contribution is 2.39. The maximum atomic E-state index is 6.58. The Balaban J connectivity index is 1.01. The Morgan fingerprint density at radius 1 is 0.295 bits per heavy atom. The monoisotopic (exact) mass is 778 g/mol. The fraction of sp³-hybridized carbons (Fsp3) is 0. The van der Waals surface area contributed by atoms with E-state index in [9.17, 15) is 0 Å². The van der Waals surface area contributed by atoms with E-state index in [0.29, 0.717) is 23.4 Å². The third-order valence-corrected chi connectivity index (χ3v) is 11.7. The van der Waals surface area contributed by atoms with Gasteiger partial charge in [-0.2, -0.15) is 0 Å². The van der Waals surface area contributed by atoms with Crippen LogP contribution in [0.15, 0.2) is 211 Å². The van der Waals surface area contributed by atoms with E-state index < -0.39 is 0 Å². The van der Waals surface area contributed by atoms with Crippen LogP contribution in [-0.4, -0.2) is 19.9 Å². The van der Waals surface area contributed by atoms with E-state index >= 15 is 0 Å². The molecule has 0 saturated heterocycles. The van der Waals surface area contributed by atoms with Gasteiger partial charge in [0.2, 0.25) is 5.89 Å². The Kier molecular flexibility index (Phi) is 8.10. The first-order chi connectivity index (χ1) is 30.2. The van der Waals surface area contributed by atoms with Crippen molar-refractivity contribution in [3.8, 4) is 67.9 Å². The third-order valence-electron chi connectivity index (χ3n) is 11.7. The zero-order chi connectivity index (χ0) is 40.3. The number of benzene rings is 10. The minimum Gasteiger partial charge on any atom is -0.435 e. The lowest BCUT2D eigenvalue weighted by molar-refractivity contribution is 0.623. The molecule has 0 saturated carbocycles. The van der Waals surface area contributed by atoms with Crippen LogP contribution in [-0.2, 0) is 0 Å². The second-order valence-corrected chi connectivity index (χ2v) is 15.4. The van der Waals surface area contributed by atoms with Crippen LogP contribution in [0.4, 0.5) is 0 Å². The summed E-state index contributed by atoms with van der Waals surface area (Å²) in [5.74, 6) is 2.44. The molecule has 10 aromatic carbocycles. The lowest BCUT2D eigenvalue weighted by Crippen LogP contribution is -2.00. The first kappa shape index (κ1) is 34.7. The van der Waals surface area contributed by atoms with Gasteiger partial charge in [0.05, 0.1) is 0 Å². The lowest BCUT2D eigenvalue weighted by Gasteiger charge is -2.12. The van der Waals surface area contributed by atoms with Crippen LogP contribution < -0.4 is 0 Å². The molecule has 0 bridgehead atoms. The highest BCUT2D eigenvalue weighted by Gasteiger charge is 2.18.